The molecule has 4 heteroatoms. The lowest BCUT2D eigenvalue weighted by Gasteiger charge is -2.22. The lowest BCUT2D eigenvalue weighted by molar-refractivity contribution is 0.414. The van der Waals surface area contributed by atoms with E-state index in [1.807, 2.05) is 20.0 Å². The highest BCUT2D eigenvalue weighted by Gasteiger charge is 2.23. The molecule has 102 valence electrons. The number of benzene rings is 1. The third kappa shape index (κ3) is 3.82. The summed E-state index contributed by atoms with van der Waals surface area (Å²) < 4.78 is 24.7. The van der Waals surface area contributed by atoms with Crippen LogP contribution in [0.25, 0.3) is 0 Å². The summed E-state index contributed by atoms with van der Waals surface area (Å²) in [6, 6.07) is 7.11. The largest absolute Gasteiger partial charge is 0.316 e. The van der Waals surface area contributed by atoms with E-state index in [2.05, 4.69) is 19.2 Å². The number of rotatable bonds is 6. The van der Waals surface area contributed by atoms with Crippen LogP contribution in [0.5, 0.6) is 0 Å². The van der Waals surface area contributed by atoms with Gasteiger partial charge in [-0.1, -0.05) is 32.4 Å². The maximum absolute atomic E-state index is 12.3. The Hall–Kier alpha value is -0.870. The molecule has 2 unspecified atom stereocenters. The van der Waals surface area contributed by atoms with Crippen molar-refractivity contribution in [2.75, 3.05) is 12.8 Å². The van der Waals surface area contributed by atoms with E-state index >= 15 is 0 Å². The average molecular weight is 269 g/mol. The summed E-state index contributed by atoms with van der Waals surface area (Å²) in [5.41, 5.74) is 0.973. The van der Waals surface area contributed by atoms with E-state index < -0.39 is 9.84 Å². The maximum Gasteiger partial charge on any atom is 0.179 e. The normalized spacial score (nSPS) is 15.3. The predicted octanol–water partition coefficient (Wildman–Crippen LogP) is 2.40. The summed E-state index contributed by atoms with van der Waals surface area (Å²) in [5.74, 6) is 0.497. The lowest BCUT2D eigenvalue weighted by Crippen LogP contribution is -2.38. The van der Waals surface area contributed by atoms with Crippen molar-refractivity contribution >= 4 is 9.84 Å². The van der Waals surface area contributed by atoms with E-state index in [0.29, 0.717) is 10.8 Å². The Labute approximate surface area is 111 Å². The van der Waals surface area contributed by atoms with Gasteiger partial charge in [-0.15, -0.1) is 0 Å². The Morgan fingerprint density at radius 3 is 2.50 bits per heavy atom. The number of hydrogen-bond donors (Lipinski definition) is 1. The van der Waals surface area contributed by atoms with Crippen molar-refractivity contribution < 1.29 is 8.42 Å². The van der Waals surface area contributed by atoms with Crippen LogP contribution in [0, 0.1) is 12.8 Å². The molecule has 0 saturated carbocycles. The van der Waals surface area contributed by atoms with Crippen molar-refractivity contribution in [2.24, 2.45) is 5.92 Å². The van der Waals surface area contributed by atoms with Crippen LogP contribution in [0.2, 0.25) is 0 Å². The molecule has 0 aliphatic carbocycles. The first-order chi connectivity index (χ1) is 8.40. The summed E-state index contributed by atoms with van der Waals surface area (Å²) in [7, 11) is -1.39. The molecule has 0 aliphatic heterocycles. The van der Waals surface area contributed by atoms with Gasteiger partial charge in [-0.05, 0) is 37.6 Å². The van der Waals surface area contributed by atoms with Crippen LogP contribution >= 0.6 is 0 Å². The Morgan fingerprint density at radius 2 is 2.00 bits per heavy atom. The molecule has 1 N–H and O–H groups in total. The van der Waals surface area contributed by atoms with Crippen LogP contribution in [-0.2, 0) is 9.84 Å². The Bertz CT molecular complexity index is 482. The van der Waals surface area contributed by atoms with Crippen LogP contribution in [0.15, 0.2) is 29.2 Å². The number of hydrogen-bond acceptors (Lipinski definition) is 3. The van der Waals surface area contributed by atoms with E-state index in [0.717, 1.165) is 12.0 Å². The molecule has 3 nitrogen and oxygen atoms in total. The van der Waals surface area contributed by atoms with E-state index in [4.69, 9.17) is 0 Å². The van der Waals surface area contributed by atoms with Crippen molar-refractivity contribution in [3.05, 3.63) is 29.8 Å². The number of aryl methyl sites for hydroxylation is 1. The molecule has 18 heavy (non-hydrogen) atoms. The summed E-state index contributed by atoms with van der Waals surface area (Å²) >= 11 is 0. The fraction of sp³-hybridized carbons (Fsp3) is 0.571. The number of sulfone groups is 1. The van der Waals surface area contributed by atoms with E-state index in [9.17, 15) is 8.42 Å². The summed E-state index contributed by atoms with van der Waals surface area (Å²) in [6.07, 6.45) is 0.967. The SMILES string of the molecule is CCC(C)C(CS(=O)(=O)c1cccc(C)c1)NC. The van der Waals surface area contributed by atoms with Crippen LogP contribution in [-0.4, -0.2) is 27.3 Å². The smallest absolute Gasteiger partial charge is 0.179 e. The zero-order valence-corrected chi connectivity index (χ0v) is 12.4. The lowest BCUT2D eigenvalue weighted by atomic mass is 10.0. The molecule has 1 aromatic rings. The molecule has 0 spiro atoms. The van der Waals surface area contributed by atoms with Crippen molar-refractivity contribution in [1.29, 1.82) is 0 Å². The first kappa shape index (κ1) is 15.2. The van der Waals surface area contributed by atoms with E-state index in [1.54, 1.807) is 18.2 Å². The molecule has 0 radical (unpaired) electrons. The minimum Gasteiger partial charge on any atom is -0.316 e. The molecule has 0 heterocycles. The fourth-order valence-corrected chi connectivity index (χ4v) is 3.77. The summed E-state index contributed by atoms with van der Waals surface area (Å²) in [6.45, 7) is 6.06. The molecule has 0 bridgehead atoms. The van der Waals surface area contributed by atoms with E-state index in [1.165, 1.54) is 0 Å². The van der Waals surface area contributed by atoms with Crippen LogP contribution < -0.4 is 5.32 Å². The van der Waals surface area contributed by atoms with Crippen LogP contribution in [0.3, 0.4) is 0 Å². The van der Waals surface area contributed by atoms with Gasteiger partial charge in [0.05, 0.1) is 10.6 Å². The molecule has 0 aromatic heterocycles. The highest BCUT2D eigenvalue weighted by molar-refractivity contribution is 7.91. The van der Waals surface area contributed by atoms with Gasteiger partial charge in [-0.25, -0.2) is 8.42 Å². The molecule has 0 amide bonds. The van der Waals surface area contributed by atoms with Crippen molar-refractivity contribution in [2.45, 2.75) is 38.1 Å². The monoisotopic (exact) mass is 269 g/mol. The quantitative estimate of drug-likeness (QED) is 0.862. The molecular weight excluding hydrogens is 246 g/mol. The Kier molecular flexibility index (Phi) is 5.35. The predicted molar refractivity (Wildman–Crippen MR) is 75.5 cm³/mol. The Balaban J connectivity index is 2.94. The fourth-order valence-electron chi connectivity index (χ4n) is 1.96. The van der Waals surface area contributed by atoms with Gasteiger partial charge in [-0.3, -0.25) is 0 Å². The topological polar surface area (TPSA) is 46.2 Å². The van der Waals surface area contributed by atoms with Gasteiger partial charge in [0, 0.05) is 6.04 Å². The van der Waals surface area contributed by atoms with Gasteiger partial charge in [-0.2, -0.15) is 0 Å². The van der Waals surface area contributed by atoms with Gasteiger partial charge in [0.1, 0.15) is 0 Å². The van der Waals surface area contributed by atoms with Gasteiger partial charge in [0.2, 0.25) is 0 Å². The van der Waals surface area contributed by atoms with Gasteiger partial charge < -0.3 is 5.32 Å². The minimum atomic E-state index is -3.21. The first-order valence-electron chi connectivity index (χ1n) is 6.37. The average Bonchev–Trinajstić information content (AvgIpc) is 2.35. The second-order valence-electron chi connectivity index (χ2n) is 4.88. The molecule has 0 aliphatic rings. The second-order valence-corrected chi connectivity index (χ2v) is 6.91. The molecule has 1 aromatic carbocycles. The van der Waals surface area contributed by atoms with Crippen molar-refractivity contribution in [1.82, 2.24) is 5.32 Å². The maximum atomic E-state index is 12.3. The molecule has 0 fully saturated rings. The minimum absolute atomic E-state index is 0.000474. The van der Waals surface area contributed by atoms with Crippen LogP contribution in [0.1, 0.15) is 25.8 Å². The highest BCUT2D eigenvalue weighted by atomic mass is 32.2. The van der Waals surface area contributed by atoms with Crippen molar-refractivity contribution in [3.8, 4) is 0 Å². The second kappa shape index (κ2) is 6.34. The number of nitrogens with one attached hydrogen (secondary N) is 1. The molecular formula is C14H23NO2S. The molecule has 1 rings (SSSR count). The van der Waals surface area contributed by atoms with Crippen LogP contribution in [0.4, 0.5) is 0 Å². The Morgan fingerprint density at radius 1 is 1.33 bits per heavy atom. The summed E-state index contributed by atoms with van der Waals surface area (Å²) in [5, 5.41) is 3.11. The molecule has 0 saturated heterocycles. The third-order valence-electron chi connectivity index (χ3n) is 3.45. The van der Waals surface area contributed by atoms with Crippen molar-refractivity contribution in [3.63, 3.8) is 0 Å². The third-order valence-corrected chi connectivity index (χ3v) is 5.22. The molecule has 2 atom stereocenters. The first-order valence-corrected chi connectivity index (χ1v) is 8.02. The van der Waals surface area contributed by atoms with Gasteiger partial charge >= 0.3 is 0 Å². The van der Waals surface area contributed by atoms with Gasteiger partial charge in [0.15, 0.2) is 9.84 Å². The standard InChI is InChI=1S/C14H23NO2S/c1-5-12(3)14(15-4)10-18(16,17)13-8-6-7-11(2)9-13/h6-9,12,14-15H,5,10H2,1-4H3. The zero-order valence-electron chi connectivity index (χ0n) is 11.6. The van der Waals surface area contributed by atoms with E-state index in [-0.39, 0.29) is 11.8 Å². The van der Waals surface area contributed by atoms with Gasteiger partial charge in [0.25, 0.3) is 0 Å². The highest BCUT2D eigenvalue weighted by Crippen LogP contribution is 2.17. The summed E-state index contributed by atoms with van der Waals surface area (Å²) in [4.78, 5) is 0.422. The zero-order chi connectivity index (χ0) is 13.8.